The number of nitrogens with one attached hydrogen (secondary N) is 1. The maximum absolute atomic E-state index is 13.2. The van der Waals surface area contributed by atoms with E-state index in [1.54, 1.807) is 28.9 Å². The van der Waals surface area contributed by atoms with Crippen LogP contribution in [-0.2, 0) is 4.74 Å². The molecule has 3 aromatic carbocycles. The smallest absolute Gasteiger partial charge is 0.337 e. The number of methoxy groups -OCH3 is 1. The Bertz CT molecular complexity index is 1700. The summed E-state index contributed by atoms with van der Waals surface area (Å²) in [5, 5.41) is 8.86. The number of benzene rings is 3. The second-order valence-electron chi connectivity index (χ2n) is 9.85. The lowest BCUT2D eigenvalue weighted by molar-refractivity contribution is 0.0600. The first-order valence-electron chi connectivity index (χ1n) is 13.1. The first-order valence-corrected chi connectivity index (χ1v) is 13.1. The van der Waals surface area contributed by atoms with Crippen LogP contribution in [0.3, 0.4) is 0 Å². The molecule has 0 spiro atoms. The Kier molecular flexibility index (Phi) is 6.69. The van der Waals surface area contributed by atoms with E-state index in [2.05, 4.69) is 15.4 Å². The number of carbonyl (C=O) groups excluding carboxylic acids is 3. The molecular formula is C31H27N5O4. The number of ether oxygens (including phenoxy) is 1. The topological polar surface area (TPSA) is 106 Å². The van der Waals surface area contributed by atoms with Gasteiger partial charge in [-0.3, -0.25) is 9.59 Å². The summed E-state index contributed by atoms with van der Waals surface area (Å²) < 4.78 is 6.36. The number of hydrogen-bond acceptors (Lipinski definition) is 6. The minimum Gasteiger partial charge on any atom is -0.465 e. The number of nitrogens with zero attached hydrogens (tertiary/aromatic N) is 4. The highest BCUT2D eigenvalue weighted by Gasteiger charge is 2.25. The van der Waals surface area contributed by atoms with Gasteiger partial charge in [-0.25, -0.2) is 14.3 Å². The molecule has 1 aliphatic heterocycles. The molecule has 1 N–H and O–H groups in total. The third-order valence-corrected chi connectivity index (χ3v) is 7.37. The Morgan fingerprint density at radius 3 is 2.27 bits per heavy atom. The van der Waals surface area contributed by atoms with Crippen LogP contribution in [0.15, 0.2) is 85.1 Å². The summed E-state index contributed by atoms with van der Waals surface area (Å²) in [6.07, 6.45) is 3.47. The SMILES string of the molecule is COC(=O)c1ccc2cc(C(=O)N3CCC(c4ccc(NC(=O)c5nc6ccccn6n5)cc4)CC3)ccc2c1. The van der Waals surface area contributed by atoms with Crippen molar-refractivity contribution < 1.29 is 19.1 Å². The van der Waals surface area contributed by atoms with Gasteiger partial charge in [0.05, 0.1) is 12.7 Å². The van der Waals surface area contributed by atoms with E-state index in [1.165, 1.54) is 12.7 Å². The van der Waals surface area contributed by atoms with Gasteiger partial charge in [0, 0.05) is 30.5 Å². The van der Waals surface area contributed by atoms with E-state index in [0.717, 1.165) is 23.6 Å². The second-order valence-corrected chi connectivity index (χ2v) is 9.85. The highest BCUT2D eigenvalue weighted by Crippen LogP contribution is 2.30. The number of carbonyl (C=O) groups is 3. The van der Waals surface area contributed by atoms with E-state index in [-0.39, 0.29) is 23.6 Å². The molecule has 0 bridgehead atoms. The van der Waals surface area contributed by atoms with Crippen molar-refractivity contribution in [2.75, 3.05) is 25.5 Å². The summed E-state index contributed by atoms with van der Waals surface area (Å²) >= 11 is 0. The van der Waals surface area contributed by atoms with Crippen LogP contribution in [0.1, 0.15) is 55.7 Å². The molecular weight excluding hydrogens is 506 g/mol. The number of amides is 2. The molecule has 1 aliphatic rings. The largest absolute Gasteiger partial charge is 0.465 e. The van der Waals surface area contributed by atoms with Crippen molar-refractivity contribution in [1.29, 1.82) is 0 Å². The van der Waals surface area contributed by atoms with Crippen molar-refractivity contribution in [3.05, 3.63) is 108 Å². The zero-order valence-electron chi connectivity index (χ0n) is 21.9. The van der Waals surface area contributed by atoms with Gasteiger partial charge in [-0.05, 0) is 83.6 Å². The lowest BCUT2D eigenvalue weighted by atomic mass is 9.89. The lowest BCUT2D eigenvalue weighted by Crippen LogP contribution is -2.37. The molecule has 2 amide bonds. The maximum atomic E-state index is 13.2. The Morgan fingerprint density at radius 1 is 0.875 bits per heavy atom. The van der Waals surface area contributed by atoms with E-state index in [0.29, 0.717) is 41.5 Å². The number of fused-ring (bicyclic) bond motifs is 2. The summed E-state index contributed by atoms with van der Waals surface area (Å²) in [6.45, 7) is 1.34. The van der Waals surface area contributed by atoms with Crippen LogP contribution in [0.25, 0.3) is 16.4 Å². The number of hydrogen-bond donors (Lipinski definition) is 1. The number of anilines is 1. The minimum absolute atomic E-state index is 0.0102. The van der Waals surface area contributed by atoms with E-state index in [1.807, 2.05) is 65.6 Å². The summed E-state index contributed by atoms with van der Waals surface area (Å²) in [5.74, 6) is -0.284. The van der Waals surface area contributed by atoms with Crippen LogP contribution in [0, 0.1) is 0 Å². The molecule has 40 heavy (non-hydrogen) atoms. The Hall–Kier alpha value is -5.05. The van der Waals surface area contributed by atoms with E-state index < -0.39 is 0 Å². The molecule has 0 unspecified atom stereocenters. The van der Waals surface area contributed by atoms with Crippen molar-refractivity contribution in [3.8, 4) is 0 Å². The maximum Gasteiger partial charge on any atom is 0.337 e. The molecule has 0 atom stereocenters. The van der Waals surface area contributed by atoms with Gasteiger partial charge in [-0.2, -0.15) is 0 Å². The van der Waals surface area contributed by atoms with Crippen molar-refractivity contribution in [3.63, 3.8) is 0 Å². The fourth-order valence-electron chi connectivity index (χ4n) is 5.18. The molecule has 0 radical (unpaired) electrons. The average Bonchev–Trinajstić information content (AvgIpc) is 3.45. The van der Waals surface area contributed by atoms with Crippen molar-refractivity contribution in [2.45, 2.75) is 18.8 Å². The van der Waals surface area contributed by atoms with E-state index in [4.69, 9.17) is 4.74 Å². The van der Waals surface area contributed by atoms with Crippen LogP contribution in [-0.4, -0.2) is 57.5 Å². The first-order chi connectivity index (χ1) is 19.5. The van der Waals surface area contributed by atoms with Gasteiger partial charge in [0.25, 0.3) is 11.8 Å². The van der Waals surface area contributed by atoms with Crippen LogP contribution >= 0.6 is 0 Å². The zero-order valence-corrected chi connectivity index (χ0v) is 21.9. The van der Waals surface area contributed by atoms with Crippen LogP contribution in [0.2, 0.25) is 0 Å². The molecule has 6 rings (SSSR count). The van der Waals surface area contributed by atoms with Crippen molar-refractivity contribution >= 4 is 39.9 Å². The molecule has 0 saturated carbocycles. The fraction of sp³-hybridized carbons (Fsp3) is 0.194. The van der Waals surface area contributed by atoms with E-state index >= 15 is 0 Å². The molecule has 1 fully saturated rings. The van der Waals surface area contributed by atoms with Crippen molar-refractivity contribution in [1.82, 2.24) is 19.5 Å². The molecule has 9 heteroatoms. The van der Waals surface area contributed by atoms with E-state index in [9.17, 15) is 14.4 Å². The molecule has 9 nitrogen and oxygen atoms in total. The third kappa shape index (κ3) is 5.01. The van der Waals surface area contributed by atoms with Gasteiger partial charge in [-0.15, -0.1) is 5.10 Å². The third-order valence-electron chi connectivity index (χ3n) is 7.37. The Balaban J connectivity index is 1.06. The molecule has 5 aromatic rings. The van der Waals surface area contributed by atoms with Crippen molar-refractivity contribution in [2.24, 2.45) is 0 Å². The van der Waals surface area contributed by atoms with Gasteiger partial charge in [0.2, 0.25) is 5.82 Å². The monoisotopic (exact) mass is 533 g/mol. The fourth-order valence-corrected chi connectivity index (χ4v) is 5.18. The first kappa shape index (κ1) is 25.2. The van der Waals surface area contributed by atoms with Crippen LogP contribution in [0.5, 0.6) is 0 Å². The number of pyridine rings is 1. The number of rotatable bonds is 5. The van der Waals surface area contributed by atoms with Crippen LogP contribution < -0.4 is 5.32 Å². The molecule has 200 valence electrons. The molecule has 3 heterocycles. The standard InChI is InChI=1S/C31H27N5O4/c1-40-31(39)25-8-6-22-18-24(7-5-23(22)19-25)30(38)35-16-13-21(14-17-35)20-9-11-26(12-10-20)32-29(37)28-33-27-4-2-3-15-36(27)34-28/h2-12,15,18-19,21H,13-14,16-17H2,1H3,(H,32,37). The Labute approximate surface area is 230 Å². The Morgan fingerprint density at radius 2 is 1.57 bits per heavy atom. The van der Waals surface area contributed by atoms with Gasteiger partial charge < -0.3 is 15.0 Å². The van der Waals surface area contributed by atoms with Crippen LogP contribution in [0.4, 0.5) is 5.69 Å². The molecule has 1 saturated heterocycles. The van der Waals surface area contributed by atoms with Gasteiger partial charge in [-0.1, -0.05) is 30.3 Å². The highest BCUT2D eigenvalue weighted by molar-refractivity contribution is 6.02. The summed E-state index contributed by atoms with van der Waals surface area (Å²) in [6, 6.07) is 24.2. The molecule has 2 aromatic heterocycles. The number of esters is 1. The number of aromatic nitrogens is 3. The second kappa shape index (κ2) is 10.6. The lowest BCUT2D eigenvalue weighted by Gasteiger charge is -2.32. The number of likely N-dealkylation sites (tertiary alicyclic amines) is 1. The normalized spacial score (nSPS) is 13.9. The van der Waals surface area contributed by atoms with Gasteiger partial charge in [0.15, 0.2) is 5.65 Å². The quantitative estimate of drug-likeness (QED) is 0.321. The predicted molar refractivity (Wildman–Crippen MR) is 151 cm³/mol. The summed E-state index contributed by atoms with van der Waals surface area (Å²) in [5.41, 5.74) is 3.59. The molecule has 0 aliphatic carbocycles. The predicted octanol–water partition coefficient (Wildman–Crippen LogP) is 4.94. The minimum atomic E-state index is -0.384. The number of piperidine rings is 1. The zero-order chi connectivity index (χ0) is 27.6. The average molecular weight is 534 g/mol. The summed E-state index contributed by atoms with van der Waals surface area (Å²) in [4.78, 5) is 43.8. The van der Waals surface area contributed by atoms with Gasteiger partial charge >= 0.3 is 5.97 Å². The summed E-state index contributed by atoms with van der Waals surface area (Å²) in [7, 11) is 1.36. The highest BCUT2D eigenvalue weighted by atomic mass is 16.5. The van der Waals surface area contributed by atoms with Gasteiger partial charge in [0.1, 0.15) is 0 Å².